The third kappa shape index (κ3) is 3.93. The molecule has 0 amide bonds. The number of aromatic nitrogens is 2. The van der Waals surface area contributed by atoms with Crippen LogP contribution in [-0.4, -0.2) is 17.3 Å². The molecule has 0 spiro atoms. The van der Waals surface area contributed by atoms with E-state index in [2.05, 4.69) is 15.5 Å². The maximum absolute atomic E-state index is 6.01. The number of anilines is 2. The van der Waals surface area contributed by atoms with Gasteiger partial charge in [0.05, 0.1) is 7.11 Å². The summed E-state index contributed by atoms with van der Waals surface area (Å²) in [5.41, 5.74) is 3.58. The highest BCUT2D eigenvalue weighted by atomic mass is 35.5. The molecule has 134 valence electrons. The number of nitrogens with zero attached hydrogens (tertiary/aromatic N) is 2. The molecule has 1 N–H and O–H groups in total. The highest BCUT2D eigenvalue weighted by Crippen LogP contribution is 2.26. The lowest BCUT2D eigenvalue weighted by atomic mass is 10.2. The Hall–Kier alpha value is -3.31. The fourth-order valence-electron chi connectivity index (χ4n) is 2.63. The molecule has 1 aromatic heterocycles. The predicted octanol–water partition coefficient (Wildman–Crippen LogP) is 5.81. The molecule has 0 aliphatic rings. The quantitative estimate of drug-likeness (QED) is 0.475. The fraction of sp³-hybridized carbons (Fsp3) is 0.0476. The second-order valence-electron chi connectivity index (χ2n) is 5.86. The molecule has 0 bridgehead atoms. The van der Waals surface area contributed by atoms with Crippen LogP contribution in [-0.2, 0) is 0 Å². The molecule has 5 nitrogen and oxygen atoms in total. The molecule has 0 saturated heterocycles. The number of hydrogen-bond acceptors (Lipinski definition) is 5. The molecule has 3 aromatic carbocycles. The van der Waals surface area contributed by atoms with Crippen LogP contribution < -0.4 is 10.1 Å². The van der Waals surface area contributed by atoms with Gasteiger partial charge < -0.3 is 14.6 Å². The van der Waals surface area contributed by atoms with Crippen molar-refractivity contribution in [3.63, 3.8) is 0 Å². The van der Waals surface area contributed by atoms with Crippen LogP contribution >= 0.6 is 11.6 Å². The van der Waals surface area contributed by atoms with Crippen molar-refractivity contribution in [1.82, 2.24) is 10.1 Å². The first kappa shape index (κ1) is 17.1. The highest BCUT2D eigenvalue weighted by molar-refractivity contribution is 6.30. The van der Waals surface area contributed by atoms with Crippen LogP contribution in [0.25, 0.3) is 22.8 Å². The van der Waals surface area contributed by atoms with Gasteiger partial charge in [0.2, 0.25) is 5.82 Å². The molecule has 0 atom stereocenters. The zero-order valence-electron chi connectivity index (χ0n) is 14.5. The number of rotatable bonds is 5. The summed E-state index contributed by atoms with van der Waals surface area (Å²) in [6, 6.07) is 22.8. The first-order valence-electron chi connectivity index (χ1n) is 8.32. The summed E-state index contributed by atoms with van der Waals surface area (Å²) in [4.78, 5) is 4.48. The average Bonchev–Trinajstić information content (AvgIpc) is 3.19. The summed E-state index contributed by atoms with van der Waals surface area (Å²) in [6.07, 6.45) is 0. The Kier molecular flexibility index (Phi) is 4.77. The molecule has 4 rings (SSSR count). The molecular formula is C21H16ClN3O2. The van der Waals surface area contributed by atoms with Crippen LogP contribution in [0, 0.1) is 0 Å². The molecule has 27 heavy (non-hydrogen) atoms. The van der Waals surface area contributed by atoms with Crippen molar-refractivity contribution < 1.29 is 9.26 Å². The third-order valence-corrected chi connectivity index (χ3v) is 4.25. The van der Waals surface area contributed by atoms with Crippen molar-refractivity contribution in [2.24, 2.45) is 0 Å². The molecule has 0 radical (unpaired) electrons. The van der Waals surface area contributed by atoms with E-state index in [4.69, 9.17) is 20.9 Å². The monoisotopic (exact) mass is 377 g/mol. The molecule has 4 aromatic rings. The van der Waals surface area contributed by atoms with Gasteiger partial charge in [-0.2, -0.15) is 4.98 Å². The zero-order valence-corrected chi connectivity index (χ0v) is 15.3. The SMILES string of the molecule is COc1ccc(-c2nc(-c3ccc(Nc4cccc(Cl)c4)cc3)no2)cc1. The summed E-state index contributed by atoms with van der Waals surface area (Å²) in [6.45, 7) is 0. The Labute approximate surface area is 161 Å². The Morgan fingerprint density at radius 3 is 2.33 bits per heavy atom. The van der Waals surface area contributed by atoms with E-state index in [1.54, 1.807) is 7.11 Å². The summed E-state index contributed by atoms with van der Waals surface area (Å²) >= 11 is 6.01. The van der Waals surface area contributed by atoms with E-state index < -0.39 is 0 Å². The average molecular weight is 378 g/mol. The highest BCUT2D eigenvalue weighted by Gasteiger charge is 2.11. The minimum Gasteiger partial charge on any atom is -0.497 e. The van der Waals surface area contributed by atoms with Crippen LogP contribution in [0.5, 0.6) is 5.75 Å². The Morgan fingerprint density at radius 1 is 0.889 bits per heavy atom. The molecule has 0 aliphatic carbocycles. The molecule has 0 fully saturated rings. The standard InChI is InChI=1S/C21H16ClN3O2/c1-26-19-11-7-15(8-12-19)21-24-20(25-27-21)14-5-9-17(10-6-14)23-18-4-2-3-16(22)13-18/h2-13,23H,1H3. The maximum Gasteiger partial charge on any atom is 0.258 e. The Balaban J connectivity index is 1.51. The van der Waals surface area contributed by atoms with Crippen molar-refractivity contribution in [2.75, 3.05) is 12.4 Å². The topological polar surface area (TPSA) is 60.2 Å². The van der Waals surface area contributed by atoms with E-state index in [-0.39, 0.29) is 0 Å². The van der Waals surface area contributed by atoms with Gasteiger partial charge in [-0.25, -0.2) is 0 Å². The van der Waals surface area contributed by atoms with Gasteiger partial charge in [0, 0.05) is 27.5 Å². The first-order valence-corrected chi connectivity index (χ1v) is 8.70. The van der Waals surface area contributed by atoms with Crippen molar-refractivity contribution >= 4 is 23.0 Å². The molecule has 0 saturated carbocycles. The van der Waals surface area contributed by atoms with Crippen molar-refractivity contribution in [3.05, 3.63) is 77.8 Å². The van der Waals surface area contributed by atoms with Gasteiger partial charge in [-0.3, -0.25) is 0 Å². The van der Waals surface area contributed by atoms with Crippen LogP contribution in [0.4, 0.5) is 11.4 Å². The summed E-state index contributed by atoms with van der Waals surface area (Å²) < 4.78 is 10.5. The van der Waals surface area contributed by atoms with Crippen LogP contribution in [0.15, 0.2) is 77.3 Å². The zero-order chi connectivity index (χ0) is 18.6. The second-order valence-corrected chi connectivity index (χ2v) is 6.30. The van der Waals surface area contributed by atoms with Crippen LogP contribution in [0.1, 0.15) is 0 Å². The van der Waals surface area contributed by atoms with Gasteiger partial charge in [0.1, 0.15) is 5.75 Å². The predicted molar refractivity (Wildman–Crippen MR) is 106 cm³/mol. The lowest BCUT2D eigenvalue weighted by Gasteiger charge is -2.07. The Morgan fingerprint density at radius 2 is 1.63 bits per heavy atom. The third-order valence-electron chi connectivity index (χ3n) is 4.02. The number of nitrogens with one attached hydrogen (secondary N) is 1. The maximum atomic E-state index is 6.01. The summed E-state index contributed by atoms with van der Waals surface area (Å²) in [5.74, 6) is 1.78. The largest absolute Gasteiger partial charge is 0.497 e. The van der Waals surface area contributed by atoms with E-state index in [1.807, 2.05) is 72.8 Å². The molecule has 0 unspecified atom stereocenters. The number of benzene rings is 3. The summed E-state index contributed by atoms with van der Waals surface area (Å²) in [5, 5.41) is 8.07. The molecule has 0 aliphatic heterocycles. The van der Waals surface area contributed by atoms with Crippen LogP contribution in [0.2, 0.25) is 5.02 Å². The second kappa shape index (κ2) is 7.51. The lowest BCUT2D eigenvalue weighted by Crippen LogP contribution is -1.90. The van der Waals surface area contributed by atoms with E-state index >= 15 is 0 Å². The van der Waals surface area contributed by atoms with Gasteiger partial charge in [0.25, 0.3) is 5.89 Å². The number of halogens is 1. The Bertz CT molecular complexity index is 1040. The van der Waals surface area contributed by atoms with Crippen LogP contribution in [0.3, 0.4) is 0 Å². The number of ether oxygens (including phenoxy) is 1. The minimum atomic E-state index is 0.466. The van der Waals surface area contributed by atoms with E-state index in [0.717, 1.165) is 28.3 Å². The normalized spacial score (nSPS) is 10.6. The van der Waals surface area contributed by atoms with E-state index in [0.29, 0.717) is 16.7 Å². The number of hydrogen-bond donors (Lipinski definition) is 1. The number of methoxy groups -OCH3 is 1. The molecule has 6 heteroatoms. The van der Waals surface area contributed by atoms with Gasteiger partial charge in [0.15, 0.2) is 0 Å². The van der Waals surface area contributed by atoms with Crippen molar-refractivity contribution in [2.45, 2.75) is 0 Å². The van der Waals surface area contributed by atoms with E-state index in [1.165, 1.54) is 0 Å². The van der Waals surface area contributed by atoms with E-state index in [9.17, 15) is 0 Å². The van der Waals surface area contributed by atoms with Gasteiger partial charge in [-0.15, -0.1) is 0 Å². The van der Waals surface area contributed by atoms with Gasteiger partial charge in [-0.05, 0) is 66.7 Å². The molecule has 1 heterocycles. The van der Waals surface area contributed by atoms with Gasteiger partial charge in [-0.1, -0.05) is 22.8 Å². The minimum absolute atomic E-state index is 0.466. The van der Waals surface area contributed by atoms with Gasteiger partial charge >= 0.3 is 0 Å². The smallest absolute Gasteiger partial charge is 0.258 e. The lowest BCUT2D eigenvalue weighted by molar-refractivity contribution is 0.414. The van der Waals surface area contributed by atoms with Crippen molar-refractivity contribution in [3.8, 4) is 28.6 Å². The van der Waals surface area contributed by atoms with Crippen molar-refractivity contribution in [1.29, 1.82) is 0 Å². The fourth-order valence-corrected chi connectivity index (χ4v) is 2.82. The first-order chi connectivity index (χ1) is 13.2. The summed E-state index contributed by atoms with van der Waals surface area (Å²) in [7, 11) is 1.63. The molecular weight excluding hydrogens is 362 g/mol.